The van der Waals surface area contributed by atoms with Gasteiger partial charge in [0.05, 0.1) is 0 Å². The molecule has 1 aliphatic heterocycles. The summed E-state index contributed by atoms with van der Waals surface area (Å²) in [7, 11) is 0. The van der Waals surface area contributed by atoms with Gasteiger partial charge in [-0.05, 0) is 50.6 Å². The standard InChI is InChI=1S/C23H29NO3/c1-4-18(2)15-24-12-13-26-22-11-10-20(14-19(22)16-24)23(3,25)17-27-21-8-6-5-7-9-21/h4-11,14,25H,12-13,15-17H2,1-3H3/b18-4+/t23-/m0/s1. The van der Waals surface area contributed by atoms with Gasteiger partial charge >= 0.3 is 0 Å². The number of hydrogen-bond donors (Lipinski definition) is 1. The Labute approximate surface area is 162 Å². The second kappa shape index (κ2) is 8.59. The molecule has 2 aromatic carbocycles. The molecule has 2 aromatic rings. The highest BCUT2D eigenvalue weighted by Gasteiger charge is 2.26. The molecule has 0 aliphatic carbocycles. The van der Waals surface area contributed by atoms with E-state index in [0.717, 1.165) is 42.3 Å². The summed E-state index contributed by atoms with van der Waals surface area (Å²) in [6.45, 7) is 9.50. The van der Waals surface area contributed by atoms with Crippen molar-refractivity contribution in [2.45, 2.75) is 32.9 Å². The highest BCUT2D eigenvalue weighted by molar-refractivity contribution is 5.40. The van der Waals surface area contributed by atoms with Gasteiger partial charge in [-0.3, -0.25) is 4.90 Å². The predicted octanol–water partition coefficient (Wildman–Crippen LogP) is 4.13. The minimum Gasteiger partial charge on any atom is -0.492 e. The van der Waals surface area contributed by atoms with Crippen LogP contribution in [0.25, 0.3) is 0 Å². The maximum atomic E-state index is 11.0. The number of para-hydroxylation sites is 1. The molecule has 4 nitrogen and oxygen atoms in total. The van der Waals surface area contributed by atoms with Crippen molar-refractivity contribution >= 4 is 0 Å². The van der Waals surface area contributed by atoms with E-state index < -0.39 is 5.60 Å². The highest BCUT2D eigenvalue weighted by atomic mass is 16.5. The van der Waals surface area contributed by atoms with Crippen LogP contribution in [-0.4, -0.2) is 36.3 Å². The Morgan fingerprint density at radius 3 is 2.78 bits per heavy atom. The SMILES string of the molecule is C/C=C(\C)CN1CCOc2ccc([C@@](C)(O)COc3ccccc3)cc2C1. The van der Waals surface area contributed by atoms with E-state index in [2.05, 4.69) is 24.8 Å². The summed E-state index contributed by atoms with van der Waals surface area (Å²) in [4.78, 5) is 2.38. The smallest absolute Gasteiger partial charge is 0.123 e. The fourth-order valence-corrected chi connectivity index (χ4v) is 3.19. The Kier molecular flexibility index (Phi) is 6.19. The first-order valence-electron chi connectivity index (χ1n) is 9.48. The number of nitrogens with zero attached hydrogens (tertiary/aromatic N) is 1. The number of hydrogen-bond acceptors (Lipinski definition) is 4. The highest BCUT2D eigenvalue weighted by Crippen LogP contribution is 2.30. The zero-order chi connectivity index (χ0) is 19.3. The van der Waals surface area contributed by atoms with Crippen molar-refractivity contribution in [2.75, 3.05) is 26.3 Å². The second-order valence-corrected chi connectivity index (χ2v) is 7.39. The summed E-state index contributed by atoms with van der Waals surface area (Å²) in [5.41, 5.74) is 2.21. The van der Waals surface area contributed by atoms with E-state index in [4.69, 9.17) is 9.47 Å². The quantitative estimate of drug-likeness (QED) is 0.780. The van der Waals surface area contributed by atoms with Crippen LogP contribution < -0.4 is 9.47 Å². The van der Waals surface area contributed by atoms with E-state index in [1.807, 2.05) is 48.5 Å². The van der Waals surface area contributed by atoms with Crippen molar-refractivity contribution in [3.8, 4) is 11.5 Å². The lowest BCUT2D eigenvalue weighted by atomic mass is 9.94. The first-order chi connectivity index (χ1) is 13.0. The van der Waals surface area contributed by atoms with Crippen LogP contribution in [0.4, 0.5) is 0 Å². The zero-order valence-electron chi connectivity index (χ0n) is 16.4. The Morgan fingerprint density at radius 2 is 2.04 bits per heavy atom. The monoisotopic (exact) mass is 367 g/mol. The lowest BCUT2D eigenvalue weighted by molar-refractivity contribution is 0.00748. The fraction of sp³-hybridized carbons (Fsp3) is 0.391. The molecular formula is C23H29NO3. The molecule has 0 unspecified atom stereocenters. The molecule has 3 rings (SSSR count). The molecule has 0 saturated heterocycles. The predicted molar refractivity (Wildman–Crippen MR) is 108 cm³/mol. The van der Waals surface area contributed by atoms with E-state index in [1.54, 1.807) is 6.92 Å². The van der Waals surface area contributed by atoms with Gasteiger partial charge in [-0.2, -0.15) is 0 Å². The lowest BCUT2D eigenvalue weighted by Crippen LogP contribution is -2.30. The Balaban J connectivity index is 1.75. The Bertz CT molecular complexity index is 783. The largest absolute Gasteiger partial charge is 0.492 e. The molecule has 0 saturated carbocycles. The molecule has 0 bridgehead atoms. The van der Waals surface area contributed by atoms with Crippen LogP contribution in [0.3, 0.4) is 0 Å². The molecule has 1 N–H and O–H groups in total. The summed E-state index contributed by atoms with van der Waals surface area (Å²) in [5, 5.41) is 11.0. The average Bonchev–Trinajstić information content (AvgIpc) is 2.88. The van der Waals surface area contributed by atoms with Crippen molar-refractivity contribution < 1.29 is 14.6 Å². The number of ether oxygens (including phenoxy) is 2. The van der Waals surface area contributed by atoms with Crippen LogP contribution in [0.5, 0.6) is 11.5 Å². The van der Waals surface area contributed by atoms with Gasteiger partial charge < -0.3 is 14.6 Å². The molecule has 0 aromatic heterocycles. The van der Waals surface area contributed by atoms with Crippen LogP contribution in [0.15, 0.2) is 60.2 Å². The van der Waals surface area contributed by atoms with Crippen molar-refractivity contribution in [1.29, 1.82) is 0 Å². The van der Waals surface area contributed by atoms with E-state index in [9.17, 15) is 5.11 Å². The fourth-order valence-electron chi connectivity index (χ4n) is 3.19. The van der Waals surface area contributed by atoms with E-state index in [-0.39, 0.29) is 6.61 Å². The van der Waals surface area contributed by atoms with E-state index in [0.29, 0.717) is 6.61 Å². The number of rotatable bonds is 6. The minimum atomic E-state index is -1.08. The molecular weight excluding hydrogens is 338 g/mol. The van der Waals surface area contributed by atoms with Gasteiger partial charge in [0.25, 0.3) is 0 Å². The van der Waals surface area contributed by atoms with Gasteiger partial charge in [0, 0.05) is 25.2 Å². The van der Waals surface area contributed by atoms with Crippen LogP contribution in [0.1, 0.15) is 31.9 Å². The van der Waals surface area contributed by atoms with Gasteiger partial charge in [0.15, 0.2) is 0 Å². The van der Waals surface area contributed by atoms with E-state index >= 15 is 0 Å². The van der Waals surface area contributed by atoms with Crippen LogP contribution >= 0.6 is 0 Å². The van der Waals surface area contributed by atoms with Crippen LogP contribution in [-0.2, 0) is 12.1 Å². The van der Waals surface area contributed by atoms with Crippen LogP contribution in [0, 0.1) is 0 Å². The third-order valence-electron chi connectivity index (χ3n) is 4.97. The summed E-state index contributed by atoms with van der Waals surface area (Å²) < 4.78 is 11.7. The number of fused-ring (bicyclic) bond motifs is 1. The van der Waals surface area contributed by atoms with Gasteiger partial charge in [0.2, 0.25) is 0 Å². The third-order valence-corrected chi connectivity index (χ3v) is 4.97. The van der Waals surface area contributed by atoms with Gasteiger partial charge in [-0.1, -0.05) is 35.9 Å². The summed E-state index contributed by atoms with van der Waals surface area (Å²) in [6.07, 6.45) is 2.15. The zero-order valence-corrected chi connectivity index (χ0v) is 16.4. The van der Waals surface area contributed by atoms with Crippen LogP contribution in [0.2, 0.25) is 0 Å². The molecule has 1 aliphatic rings. The molecule has 4 heteroatoms. The Hall–Kier alpha value is -2.30. The maximum absolute atomic E-state index is 11.0. The number of aliphatic hydroxyl groups is 1. The average molecular weight is 367 g/mol. The lowest BCUT2D eigenvalue weighted by Gasteiger charge is -2.25. The van der Waals surface area contributed by atoms with Crippen molar-refractivity contribution in [3.05, 3.63) is 71.3 Å². The molecule has 0 fully saturated rings. The molecule has 0 spiro atoms. The molecule has 0 amide bonds. The van der Waals surface area contributed by atoms with Gasteiger partial charge in [0.1, 0.15) is 30.3 Å². The number of benzene rings is 2. The normalized spacial score (nSPS) is 17.4. The first kappa shape index (κ1) is 19.5. The molecule has 144 valence electrons. The van der Waals surface area contributed by atoms with Gasteiger partial charge in [-0.15, -0.1) is 0 Å². The molecule has 27 heavy (non-hydrogen) atoms. The first-order valence-corrected chi connectivity index (χ1v) is 9.48. The third kappa shape index (κ3) is 5.12. The molecule has 1 atom stereocenters. The molecule has 0 radical (unpaired) electrons. The summed E-state index contributed by atoms with van der Waals surface area (Å²) in [5.74, 6) is 1.66. The van der Waals surface area contributed by atoms with Gasteiger partial charge in [-0.25, -0.2) is 0 Å². The van der Waals surface area contributed by atoms with Crippen molar-refractivity contribution in [2.24, 2.45) is 0 Å². The topological polar surface area (TPSA) is 41.9 Å². The summed E-state index contributed by atoms with van der Waals surface area (Å²) >= 11 is 0. The minimum absolute atomic E-state index is 0.193. The van der Waals surface area contributed by atoms with Crippen molar-refractivity contribution in [1.82, 2.24) is 4.90 Å². The van der Waals surface area contributed by atoms with E-state index in [1.165, 1.54) is 5.57 Å². The van der Waals surface area contributed by atoms with Crippen molar-refractivity contribution in [3.63, 3.8) is 0 Å². The number of allylic oxidation sites excluding steroid dienone is 1. The Morgan fingerprint density at radius 1 is 1.26 bits per heavy atom. The maximum Gasteiger partial charge on any atom is 0.123 e. The second-order valence-electron chi connectivity index (χ2n) is 7.39. The molecule has 1 heterocycles. The summed E-state index contributed by atoms with van der Waals surface area (Å²) in [6, 6.07) is 15.5.